The van der Waals surface area contributed by atoms with Crippen LogP contribution in [0.1, 0.15) is 32.8 Å². The first-order valence-corrected chi connectivity index (χ1v) is 5.53. The molecule has 0 spiro atoms. The highest BCUT2D eigenvalue weighted by Gasteiger charge is 1.98. The SMILES string of the molecule is CCC(=Cc1cnn(C)c1)CNC(C)C. The van der Waals surface area contributed by atoms with Gasteiger partial charge in [-0.1, -0.05) is 32.4 Å². The molecule has 1 N–H and O–H groups in total. The van der Waals surface area contributed by atoms with Crippen LogP contribution in [0.2, 0.25) is 0 Å². The second kappa shape index (κ2) is 5.71. The lowest BCUT2D eigenvalue weighted by Crippen LogP contribution is -2.24. The van der Waals surface area contributed by atoms with Crippen molar-refractivity contribution in [2.75, 3.05) is 6.54 Å². The highest BCUT2D eigenvalue weighted by molar-refractivity contribution is 5.51. The number of aryl methyl sites for hydroxylation is 1. The van der Waals surface area contributed by atoms with Crippen LogP contribution in [0.25, 0.3) is 6.08 Å². The van der Waals surface area contributed by atoms with Crippen molar-refractivity contribution in [3.05, 3.63) is 23.5 Å². The highest BCUT2D eigenvalue weighted by atomic mass is 15.2. The van der Waals surface area contributed by atoms with E-state index in [1.54, 1.807) is 0 Å². The molecule has 1 aromatic rings. The molecule has 0 amide bonds. The molecule has 0 saturated carbocycles. The molecule has 0 radical (unpaired) electrons. The van der Waals surface area contributed by atoms with Crippen molar-refractivity contribution >= 4 is 6.08 Å². The van der Waals surface area contributed by atoms with E-state index in [1.165, 1.54) is 11.1 Å². The Bertz CT molecular complexity index is 323. The van der Waals surface area contributed by atoms with Gasteiger partial charge in [-0.15, -0.1) is 0 Å². The van der Waals surface area contributed by atoms with Gasteiger partial charge in [-0.3, -0.25) is 4.68 Å². The molecule has 0 aliphatic rings. The lowest BCUT2D eigenvalue weighted by Gasteiger charge is -2.09. The maximum Gasteiger partial charge on any atom is 0.0562 e. The van der Waals surface area contributed by atoms with Crippen LogP contribution in [-0.4, -0.2) is 22.4 Å². The molecule has 0 saturated heterocycles. The Kier molecular flexibility index (Phi) is 4.56. The van der Waals surface area contributed by atoms with E-state index in [-0.39, 0.29) is 0 Å². The van der Waals surface area contributed by atoms with Gasteiger partial charge in [0.2, 0.25) is 0 Å². The first-order chi connectivity index (χ1) is 7.11. The molecular formula is C12H21N3. The Balaban J connectivity index is 2.61. The van der Waals surface area contributed by atoms with E-state index in [0.717, 1.165) is 13.0 Å². The van der Waals surface area contributed by atoms with Crippen molar-refractivity contribution in [3.8, 4) is 0 Å². The van der Waals surface area contributed by atoms with E-state index in [4.69, 9.17) is 0 Å². The molecule has 0 atom stereocenters. The van der Waals surface area contributed by atoms with Crippen molar-refractivity contribution in [2.24, 2.45) is 7.05 Å². The predicted molar refractivity (Wildman–Crippen MR) is 64.6 cm³/mol. The number of hydrogen-bond acceptors (Lipinski definition) is 2. The summed E-state index contributed by atoms with van der Waals surface area (Å²) < 4.78 is 1.83. The zero-order chi connectivity index (χ0) is 11.3. The van der Waals surface area contributed by atoms with Gasteiger partial charge in [0, 0.05) is 31.4 Å². The topological polar surface area (TPSA) is 29.9 Å². The van der Waals surface area contributed by atoms with E-state index in [9.17, 15) is 0 Å². The lowest BCUT2D eigenvalue weighted by molar-refractivity contribution is 0.617. The van der Waals surface area contributed by atoms with E-state index < -0.39 is 0 Å². The summed E-state index contributed by atoms with van der Waals surface area (Å²) in [6.07, 6.45) is 7.22. The molecular weight excluding hydrogens is 186 g/mol. The average Bonchev–Trinajstić information content (AvgIpc) is 2.58. The van der Waals surface area contributed by atoms with Crippen LogP contribution in [0.3, 0.4) is 0 Å². The molecule has 1 rings (SSSR count). The van der Waals surface area contributed by atoms with Crippen molar-refractivity contribution in [1.29, 1.82) is 0 Å². The van der Waals surface area contributed by atoms with E-state index in [1.807, 2.05) is 24.1 Å². The minimum atomic E-state index is 0.536. The molecule has 3 heteroatoms. The quantitative estimate of drug-likeness (QED) is 0.802. The first-order valence-electron chi connectivity index (χ1n) is 5.53. The van der Waals surface area contributed by atoms with Crippen molar-refractivity contribution < 1.29 is 0 Å². The maximum absolute atomic E-state index is 4.15. The fourth-order valence-corrected chi connectivity index (χ4v) is 1.36. The van der Waals surface area contributed by atoms with Gasteiger partial charge in [0.25, 0.3) is 0 Å². The minimum Gasteiger partial charge on any atom is -0.311 e. The summed E-state index contributed by atoms with van der Waals surface area (Å²) in [5, 5.41) is 7.58. The predicted octanol–water partition coefficient (Wildman–Crippen LogP) is 2.21. The summed E-state index contributed by atoms with van der Waals surface area (Å²) in [5.74, 6) is 0. The first kappa shape index (κ1) is 12.0. The standard InChI is InChI=1S/C12H21N3/c1-5-11(7-13-10(2)3)6-12-8-14-15(4)9-12/h6,8-10,13H,5,7H2,1-4H3. The fraction of sp³-hybridized carbons (Fsp3) is 0.583. The lowest BCUT2D eigenvalue weighted by atomic mass is 10.1. The van der Waals surface area contributed by atoms with E-state index in [2.05, 4.69) is 37.3 Å². The molecule has 15 heavy (non-hydrogen) atoms. The van der Waals surface area contributed by atoms with Gasteiger partial charge in [0.05, 0.1) is 6.20 Å². The summed E-state index contributed by atoms with van der Waals surface area (Å²) in [6, 6.07) is 0.536. The van der Waals surface area contributed by atoms with Gasteiger partial charge < -0.3 is 5.32 Å². The summed E-state index contributed by atoms with van der Waals surface area (Å²) in [5.41, 5.74) is 2.59. The molecule has 0 bridgehead atoms. The largest absolute Gasteiger partial charge is 0.311 e. The van der Waals surface area contributed by atoms with Crippen LogP contribution in [0.5, 0.6) is 0 Å². The summed E-state index contributed by atoms with van der Waals surface area (Å²) >= 11 is 0. The molecule has 1 aromatic heterocycles. The minimum absolute atomic E-state index is 0.536. The van der Waals surface area contributed by atoms with Crippen LogP contribution < -0.4 is 5.32 Å². The molecule has 1 heterocycles. The Labute approximate surface area is 92.2 Å². The second-order valence-electron chi connectivity index (χ2n) is 4.14. The monoisotopic (exact) mass is 207 g/mol. The van der Waals surface area contributed by atoms with Gasteiger partial charge in [0.1, 0.15) is 0 Å². The van der Waals surface area contributed by atoms with Crippen molar-refractivity contribution in [1.82, 2.24) is 15.1 Å². The Morgan fingerprint density at radius 1 is 1.60 bits per heavy atom. The smallest absolute Gasteiger partial charge is 0.0562 e. The van der Waals surface area contributed by atoms with Crippen LogP contribution in [0, 0.1) is 0 Å². The van der Waals surface area contributed by atoms with Gasteiger partial charge in [-0.25, -0.2) is 0 Å². The molecule has 3 nitrogen and oxygen atoms in total. The van der Waals surface area contributed by atoms with Crippen molar-refractivity contribution in [2.45, 2.75) is 33.2 Å². The van der Waals surface area contributed by atoms with Gasteiger partial charge in [-0.05, 0) is 6.42 Å². The van der Waals surface area contributed by atoms with Crippen LogP contribution >= 0.6 is 0 Å². The molecule has 84 valence electrons. The second-order valence-corrected chi connectivity index (χ2v) is 4.14. The maximum atomic E-state index is 4.15. The Hall–Kier alpha value is -1.09. The third-order valence-corrected chi connectivity index (χ3v) is 2.29. The van der Waals surface area contributed by atoms with Crippen molar-refractivity contribution in [3.63, 3.8) is 0 Å². The number of hydrogen-bond donors (Lipinski definition) is 1. The van der Waals surface area contributed by atoms with E-state index >= 15 is 0 Å². The molecule has 0 aliphatic heterocycles. The number of aromatic nitrogens is 2. The molecule has 0 fully saturated rings. The average molecular weight is 207 g/mol. The van der Waals surface area contributed by atoms with Crippen LogP contribution in [-0.2, 0) is 7.05 Å². The molecule has 0 aliphatic carbocycles. The highest BCUT2D eigenvalue weighted by Crippen LogP contribution is 2.08. The zero-order valence-electron chi connectivity index (χ0n) is 10.1. The Morgan fingerprint density at radius 2 is 2.33 bits per heavy atom. The van der Waals surface area contributed by atoms with E-state index in [0.29, 0.717) is 6.04 Å². The normalized spacial score (nSPS) is 12.5. The van der Waals surface area contributed by atoms with Crippen LogP contribution in [0.4, 0.5) is 0 Å². The number of nitrogens with zero attached hydrogens (tertiary/aromatic N) is 2. The van der Waals surface area contributed by atoms with Gasteiger partial charge in [-0.2, -0.15) is 5.10 Å². The number of rotatable bonds is 5. The zero-order valence-corrected chi connectivity index (χ0v) is 10.1. The molecule has 0 unspecified atom stereocenters. The fourth-order valence-electron chi connectivity index (χ4n) is 1.36. The Morgan fingerprint density at radius 3 is 2.80 bits per heavy atom. The third-order valence-electron chi connectivity index (χ3n) is 2.29. The molecule has 0 aromatic carbocycles. The summed E-state index contributed by atoms with van der Waals surface area (Å²) in [4.78, 5) is 0. The van der Waals surface area contributed by atoms with Gasteiger partial charge >= 0.3 is 0 Å². The summed E-state index contributed by atoms with van der Waals surface area (Å²) in [6.45, 7) is 7.47. The third kappa shape index (κ3) is 4.30. The van der Waals surface area contributed by atoms with Gasteiger partial charge in [0.15, 0.2) is 0 Å². The summed E-state index contributed by atoms with van der Waals surface area (Å²) in [7, 11) is 1.94. The van der Waals surface area contributed by atoms with Crippen LogP contribution in [0.15, 0.2) is 18.0 Å². The number of nitrogens with one attached hydrogen (secondary N) is 1.